The molecule has 0 bridgehead atoms. The van der Waals surface area contributed by atoms with E-state index < -0.39 is 0 Å². The SMILES string of the molecule is CCc1ccccc1CNC1CCOC(C(C)C)C1. The highest BCUT2D eigenvalue weighted by Gasteiger charge is 2.24. The molecular weight excluding hydrogens is 234 g/mol. The summed E-state index contributed by atoms with van der Waals surface area (Å²) in [6.45, 7) is 8.61. The van der Waals surface area contributed by atoms with Crippen molar-refractivity contribution in [2.45, 2.75) is 58.7 Å². The molecule has 2 heteroatoms. The van der Waals surface area contributed by atoms with Gasteiger partial charge in [-0.1, -0.05) is 45.0 Å². The van der Waals surface area contributed by atoms with E-state index in [1.165, 1.54) is 11.1 Å². The van der Waals surface area contributed by atoms with Crippen molar-refractivity contribution in [2.24, 2.45) is 5.92 Å². The van der Waals surface area contributed by atoms with Crippen LogP contribution < -0.4 is 5.32 Å². The van der Waals surface area contributed by atoms with Gasteiger partial charge in [0.2, 0.25) is 0 Å². The Hall–Kier alpha value is -0.860. The predicted octanol–water partition coefficient (Wildman–Crippen LogP) is 3.54. The van der Waals surface area contributed by atoms with Gasteiger partial charge < -0.3 is 10.1 Å². The Kier molecular flexibility index (Phi) is 5.41. The maximum Gasteiger partial charge on any atom is 0.0612 e. The van der Waals surface area contributed by atoms with E-state index in [0.29, 0.717) is 18.1 Å². The van der Waals surface area contributed by atoms with Gasteiger partial charge in [-0.05, 0) is 36.3 Å². The third kappa shape index (κ3) is 4.05. The summed E-state index contributed by atoms with van der Waals surface area (Å²) in [5.41, 5.74) is 2.90. The van der Waals surface area contributed by atoms with Crippen molar-refractivity contribution >= 4 is 0 Å². The van der Waals surface area contributed by atoms with Crippen LogP contribution in [0.1, 0.15) is 44.7 Å². The lowest BCUT2D eigenvalue weighted by Crippen LogP contribution is -2.40. The lowest BCUT2D eigenvalue weighted by molar-refractivity contribution is -0.0245. The van der Waals surface area contributed by atoms with Crippen LogP contribution >= 0.6 is 0 Å². The second-order valence-corrected chi connectivity index (χ2v) is 5.88. The van der Waals surface area contributed by atoms with Gasteiger partial charge in [-0.25, -0.2) is 0 Å². The number of benzene rings is 1. The van der Waals surface area contributed by atoms with Gasteiger partial charge in [-0.15, -0.1) is 0 Å². The molecule has 1 saturated heterocycles. The smallest absolute Gasteiger partial charge is 0.0612 e. The van der Waals surface area contributed by atoms with Gasteiger partial charge in [0.15, 0.2) is 0 Å². The number of rotatable bonds is 5. The van der Waals surface area contributed by atoms with Crippen LogP contribution in [0, 0.1) is 5.92 Å². The summed E-state index contributed by atoms with van der Waals surface area (Å²) < 4.78 is 5.83. The van der Waals surface area contributed by atoms with Crippen molar-refractivity contribution in [3.8, 4) is 0 Å². The summed E-state index contributed by atoms with van der Waals surface area (Å²) in [7, 11) is 0. The van der Waals surface area contributed by atoms with Crippen molar-refractivity contribution in [2.75, 3.05) is 6.61 Å². The van der Waals surface area contributed by atoms with Crippen molar-refractivity contribution in [1.29, 1.82) is 0 Å². The number of hydrogen-bond donors (Lipinski definition) is 1. The lowest BCUT2D eigenvalue weighted by atomic mass is 9.95. The number of aryl methyl sites for hydroxylation is 1. The predicted molar refractivity (Wildman–Crippen MR) is 80.3 cm³/mol. The molecule has 0 radical (unpaired) electrons. The summed E-state index contributed by atoms with van der Waals surface area (Å²) in [5.74, 6) is 0.618. The van der Waals surface area contributed by atoms with Gasteiger partial charge in [0, 0.05) is 19.2 Å². The lowest BCUT2D eigenvalue weighted by Gasteiger charge is -2.32. The molecule has 2 nitrogen and oxygen atoms in total. The van der Waals surface area contributed by atoms with E-state index in [0.717, 1.165) is 32.4 Å². The number of nitrogens with one attached hydrogen (secondary N) is 1. The van der Waals surface area contributed by atoms with E-state index >= 15 is 0 Å². The van der Waals surface area contributed by atoms with Crippen molar-refractivity contribution in [1.82, 2.24) is 5.32 Å². The van der Waals surface area contributed by atoms with Crippen LogP contribution in [-0.2, 0) is 17.7 Å². The summed E-state index contributed by atoms with van der Waals surface area (Å²) in [4.78, 5) is 0. The Labute approximate surface area is 117 Å². The third-order valence-corrected chi connectivity index (χ3v) is 4.14. The molecule has 1 fully saturated rings. The van der Waals surface area contributed by atoms with E-state index in [9.17, 15) is 0 Å². The molecule has 2 rings (SSSR count). The molecule has 1 aliphatic rings. The second kappa shape index (κ2) is 7.06. The quantitative estimate of drug-likeness (QED) is 0.875. The van der Waals surface area contributed by atoms with E-state index in [-0.39, 0.29) is 0 Å². The molecule has 2 unspecified atom stereocenters. The summed E-state index contributed by atoms with van der Waals surface area (Å²) in [6, 6.07) is 9.34. The molecule has 0 saturated carbocycles. The standard InChI is InChI=1S/C17H27NO/c1-4-14-7-5-6-8-15(14)12-18-16-9-10-19-17(11-16)13(2)3/h5-8,13,16-18H,4,9-12H2,1-3H3. The van der Waals surface area contributed by atoms with Crippen LogP contribution in [0.3, 0.4) is 0 Å². The third-order valence-electron chi connectivity index (χ3n) is 4.14. The highest BCUT2D eigenvalue weighted by molar-refractivity contribution is 5.26. The molecule has 1 heterocycles. The van der Waals surface area contributed by atoms with Crippen LogP contribution in [0.4, 0.5) is 0 Å². The topological polar surface area (TPSA) is 21.3 Å². The van der Waals surface area contributed by atoms with Crippen LogP contribution in [0.2, 0.25) is 0 Å². The fourth-order valence-electron chi connectivity index (χ4n) is 2.81. The summed E-state index contributed by atoms with van der Waals surface area (Å²) >= 11 is 0. The first-order chi connectivity index (χ1) is 9.20. The highest BCUT2D eigenvalue weighted by Crippen LogP contribution is 2.20. The Morgan fingerprint density at radius 2 is 2.00 bits per heavy atom. The van der Waals surface area contributed by atoms with Crippen molar-refractivity contribution in [3.63, 3.8) is 0 Å². The van der Waals surface area contributed by atoms with E-state index in [1.54, 1.807) is 0 Å². The first kappa shape index (κ1) is 14.5. The first-order valence-electron chi connectivity index (χ1n) is 7.62. The fraction of sp³-hybridized carbons (Fsp3) is 0.647. The zero-order chi connectivity index (χ0) is 13.7. The Morgan fingerprint density at radius 1 is 1.26 bits per heavy atom. The Bertz CT molecular complexity index is 389. The summed E-state index contributed by atoms with van der Waals surface area (Å²) in [5, 5.41) is 3.72. The maximum atomic E-state index is 5.83. The molecule has 2 atom stereocenters. The molecule has 19 heavy (non-hydrogen) atoms. The molecule has 1 aromatic carbocycles. The minimum Gasteiger partial charge on any atom is -0.378 e. The molecule has 0 spiro atoms. The monoisotopic (exact) mass is 261 g/mol. The van der Waals surface area contributed by atoms with Crippen LogP contribution in [-0.4, -0.2) is 18.8 Å². The molecule has 1 aliphatic heterocycles. The second-order valence-electron chi connectivity index (χ2n) is 5.88. The highest BCUT2D eigenvalue weighted by atomic mass is 16.5. The molecule has 106 valence electrons. The van der Waals surface area contributed by atoms with Crippen LogP contribution in [0.25, 0.3) is 0 Å². The fourth-order valence-corrected chi connectivity index (χ4v) is 2.81. The van der Waals surface area contributed by atoms with Gasteiger partial charge in [0.05, 0.1) is 6.10 Å². The van der Waals surface area contributed by atoms with Gasteiger partial charge >= 0.3 is 0 Å². The summed E-state index contributed by atoms with van der Waals surface area (Å²) in [6.07, 6.45) is 3.82. The van der Waals surface area contributed by atoms with Gasteiger partial charge in [0.1, 0.15) is 0 Å². The van der Waals surface area contributed by atoms with E-state index in [2.05, 4.69) is 50.4 Å². The normalized spacial score (nSPS) is 23.8. The molecule has 1 aromatic rings. The van der Waals surface area contributed by atoms with Gasteiger partial charge in [-0.2, -0.15) is 0 Å². The minimum absolute atomic E-state index is 0.424. The average Bonchev–Trinajstić information content (AvgIpc) is 2.45. The van der Waals surface area contributed by atoms with Crippen LogP contribution in [0.15, 0.2) is 24.3 Å². The average molecular weight is 261 g/mol. The number of ether oxygens (including phenoxy) is 1. The largest absolute Gasteiger partial charge is 0.378 e. The zero-order valence-electron chi connectivity index (χ0n) is 12.5. The number of hydrogen-bond acceptors (Lipinski definition) is 2. The van der Waals surface area contributed by atoms with Gasteiger partial charge in [-0.3, -0.25) is 0 Å². The van der Waals surface area contributed by atoms with Crippen molar-refractivity contribution < 1.29 is 4.74 Å². The van der Waals surface area contributed by atoms with Crippen molar-refractivity contribution in [3.05, 3.63) is 35.4 Å². The zero-order valence-corrected chi connectivity index (χ0v) is 12.5. The van der Waals surface area contributed by atoms with E-state index in [1.807, 2.05) is 0 Å². The van der Waals surface area contributed by atoms with Crippen LogP contribution in [0.5, 0.6) is 0 Å². The molecule has 0 amide bonds. The molecule has 0 aliphatic carbocycles. The Morgan fingerprint density at radius 3 is 2.68 bits per heavy atom. The molecule has 0 aromatic heterocycles. The molecular formula is C17H27NO. The Balaban J connectivity index is 1.88. The minimum atomic E-state index is 0.424. The van der Waals surface area contributed by atoms with E-state index in [4.69, 9.17) is 4.74 Å². The maximum absolute atomic E-state index is 5.83. The first-order valence-corrected chi connectivity index (χ1v) is 7.62. The van der Waals surface area contributed by atoms with Gasteiger partial charge in [0.25, 0.3) is 0 Å². The molecule has 1 N–H and O–H groups in total.